The number of ether oxygens (including phenoxy) is 1. The lowest BCUT2D eigenvalue weighted by molar-refractivity contribution is -0.159. The zero-order chi connectivity index (χ0) is 40.7. The van der Waals surface area contributed by atoms with Crippen LogP contribution in [0.4, 0.5) is 9.59 Å². The number of carboxylic acids is 1. The van der Waals surface area contributed by atoms with Gasteiger partial charge < -0.3 is 36.0 Å². The molecule has 2 aliphatic rings. The molecule has 0 aliphatic carbocycles. The number of ketones is 1. The molecule has 0 spiro atoms. The van der Waals surface area contributed by atoms with E-state index in [9.17, 15) is 33.9 Å². The number of nitrogens with two attached hydrogens (primary N) is 1. The van der Waals surface area contributed by atoms with Gasteiger partial charge in [-0.2, -0.15) is 23.5 Å². The molecule has 3 rings (SSSR count). The predicted octanol–water partition coefficient (Wildman–Crippen LogP) is 3.20. The molecule has 1 aromatic carbocycles. The van der Waals surface area contributed by atoms with E-state index in [2.05, 4.69) is 16.1 Å². The maximum atomic E-state index is 14.9. The van der Waals surface area contributed by atoms with Gasteiger partial charge in [0, 0.05) is 61.8 Å². The van der Waals surface area contributed by atoms with Crippen LogP contribution in [-0.4, -0.2) is 136 Å². The predicted molar refractivity (Wildman–Crippen MR) is 215 cm³/mol. The normalized spacial score (nSPS) is 17.7. The van der Waals surface area contributed by atoms with Gasteiger partial charge in [-0.3, -0.25) is 24.6 Å². The molecule has 308 valence electrons. The van der Waals surface area contributed by atoms with Gasteiger partial charge >= 0.3 is 24.0 Å². The van der Waals surface area contributed by atoms with Crippen molar-refractivity contribution in [2.45, 2.75) is 78.6 Å². The van der Waals surface area contributed by atoms with E-state index in [4.69, 9.17) is 10.5 Å². The first-order chi connectivity index (χ1) is 26.1. The van der Waals surface area contributed by atoms with Crippen molar-refractivity contribution in [1.82, 2.24) is 30.9 Å². The molecule has 2 aliphatic heterocycles. The Kier molecular flexibility index (Phi) is 19.1. The third-order valence-electron chi connectivity index (χ3n) is 9.46. The molecule has 55 heavy (non-hydrogen) atoms. The van der Waals surface area contributed by atoms with Crippen molar-refractivity contribution in [1.29, 1.82) is 0 Å². The number of Topliss-reactive ketones (excluding diaryl/α,β-unsaturated/α-hetero) is 1. The van der Waals surface area contributed by atoms with Gasteiger partial charge in [0.15, 0.2) is 5.78 Å². The summed E-state index contributed by atoms with van der Waals surface area (Å²) in [6.45, 7) is 13.4. The van der Waals surface area contributed by atoms with Gasteiger partial charge in [-0.15, -0.1) is 0 Å². The molecule has 5 amide bonds. The summed E-state index contributed by atoms with van der Waals surface area (Å²) in [7, 11) is 0. The van der Waals surface area contributed by atoms with Crippen LogP contribution in [0.1, 0.15) is 66.0 Å². The number of thioether (sulfide) groups is 2. The second-order valence-corrected chi connectivity index (χ2v) is 17.6. The summed E-state index contributed by atoms with van der Waals surface area (Å²) in [4.78, 5) is 83.7. The molecule has 6 N–H and O–H groups in total. The highest BCUT2D eigenvalue weighted by atomic mass is 32.2. The minimum atomic E-state index is -1.30. The number of benzene rings is 1. The molecule has 17 heteroatoms. The fourth-order valence-corrected chi connectivity index (χ4v) is 8.28. The SMILES string of the molecule is CC(C)CN(CC(OC(=O)CCC(=O)O)[C@@H](C(=O)[C@@H](NC(=O)N1CCSCC1)C(C)C)C(N)c1ccccc1)NC(=O)[C@@H](NC(=O)N1CCSCC1)C(C)C. The van der Waals surface area contributed by atoms with E-state index in [1.165, 1.54) is 0 Å². The van der Waals surface area contributed by atoms with Crippen LogP contribution >= 0.6 is 23.5 Å². The first-order valence-electron chi connectivity index (χ1n) is 19.2. The number of nitrogens with one attached hydrogen (secondary N) is 3. The topological polar surface area (TPSA) is 204 Å². The molecule has 0 saturated carbocycles. The molecule has 2 fully saturated rings. The molecule has 5 atom stereocenters. The van der Waals surface area contributed by atoms with Crippen LogP contribution < -0.4 is 21.8 Å². The lowest BCUT2D eigenvalue weighted by Gasteiger charge is -2.38. The lowest BCUT2D eigenvalue weighted by Crippen LogP contribution is -2.60. The molecular weight excluding hydrogens is 747 g/mol. The van der Waals surface area contributed by atoms with Crippen molar-refractivity contribution in [2.24, 2.45) is 29.4 Å². The minimum absolute atomic E-state index is 0.0241. The van der Waals surface area contributed by atoms with Gasteiger partial charge in [-0.05, 0) is 23.3 Å². The summed E-state index contributed by atoms with van der Waals surface area (Å²) < 4.78 is 6.02. The van der Waals surface area contributed by atoms with Gasteiger partial charge in [0.05, 0.1) is 31.3 Å². The van der Waals surface area contributed by atoms with Crippen LogP contribution in [0, 0.1) is 23.7 Å². The largest absolute Gasteiger partial charge is 0.481 e. The number of hydrogen-bond donors (Lipinski definition) is 5. The van der Waals surface area contributed by atoms with E-state index in [0.29, 0.717) is 31.7 Å². The Morgan fingerprint density at radius 1 is 0.782 bits per heavy atom. The second-order valence-electron chi connectivity index (χ2n) is 15.1. The number of urea groups is 2. The number of esters is 1. The Bertz CT molecular complexity index is 1420. The Morgan fingerprint density at radius 2 is 1.29 bits per heavy atom. The number of hydrogen-bond acceptors (Lipinski definition) is 11. The Labute approximate surface area is 333 Å². The zero-order valence-corrected chi connectivity index (χ0v) is 34.7. The number of carbonyl (C=O) groups is 6. The van der Waals surface area contributed by atoms with Crippen LogP contribution in [0.25, 0.3) is 0 Å². The molecular formula is C38H61N7O8S2. The second kappa shape index (κ2) is 22.9. The standard InChI is InChI=1S/C38H61N7O8S2/c1-24(2)22-45(42-36(50)34(26(5)6)41-38(52)44-16-20-55-21-17-44)23-28(53-30(48)13-12-29(46)47)31(32(39)27-10-8-7-9-11-27)35(49)33(25(3)4)40-37(51)43-14-18-54-19-15-43/h7-11,24-26,28,31-34H,12-23,39H2,1-6H3,(H,40,51)(H,41,52)(H,42,50)(H,46,47)/t28?,31-,32?,33+,34+/m1/s1. The van der Waals surface area contributed by atoms with E-state index < -0.39 is 66.6 Å². The number of nitrogens with zero attached hydrogens (tertiary/aromatic N) is 3. The van der Waals surface area contributed by atoms with Crippen molar-refractivity contribution in [2.75, 3.05) is 62.3 Å². The molecule has 15 nitrogen and oxygen atoms in total. The molecule has 0 bridgehead atoms. The molecule has 2 heterocycles. The van der Waals surface area contributed by atoms with E-state index in [1.807, 2.05) is 41.5 Å². The average molecular weight is 808 g/mol. The number of hydrazine groups is 1. The van der Waals surface area contributed by atoms with Crippen LogP contribution in [-0.2, 0) is 23.9 Å². The van der Waals surface area contributed by atoms with Crippen molar-refractivity contribution in [3.05, 3.63) is 35.9 Å². The maximum Gasteiger partial charge on any atom is 0.318 e. The zero-order valence-electron chi connectivity index (χ0n) is 33.0. The third kappa shape index (κ3) is 14.8. The van der Waals surface area contributed by atoms with Crippen molar-refractivity contribution in [3.63, 3.8) is 0 Å². The summed E-state index contributed by atoms with van der Waals surface area (Å²) in [6.07, 6.45) is -2.26. The molecule has 2 saturated heterocycles. The summed E-state index contributed by atoms with van der Waals surface area (Å²) in [5, 5.41) is 16.7. The fourth-order valence-electron chi connectivity index (χ4n) is 6.47. The van der Waals surface area contributed by atoms with Crippen molar-refractivity contribution >= 4 is 59.2 Å². The first-order valence-corrected chi connectivity index (χ1v) is 21.5. The van der Waals surface area contributed by atoms with Gasteiger partial charge in [0.2, 0.25) is 0 Å². The molecule has 1 aromatic rings. The molecule has 2 unspecified atom stereocenters. The van der Waals surface area contributed by atoms with Crippen molar-refractivity contribution in [3.8, 4) is 0 Å². The maximum absolute atomic E-state index is 14.9. The van der Waals surface area contributed by atoms with E-state index in [0.717, 1.165) is 23.0 Å². The van der Waals surface area contributed by atoms with Crippen LogP contribution in [0.15, 0.2) is 30.3 Å². The summed E-state index contributed by atoms with van der Waals surface area (Å²) >= 11 is 3.51. The quantitative estimate of drug-likeness (QED) is 0.101. The van der Waals surface area contributed by atoms with Gasteiger partial charge in [-0.1, -0.05) is 71.9 Å². The third-order valence-corrected chi connectivity index (χ3v) is 11.3. The molecule has 0 radical (unpaired) electrons. The Hall–Kier alpha value is -3.54. The Morgan fingerprint density at radius 3 is 1.76 bits per heavy atom. The summed E-state index contributed by atoms with van der Waals surface area (Å²) in [6, 6.07) is 5.18. The minimum Gasteiger partial charge on any atom is -0.481 e. The number of rotatable bonds is 19. The van der Waals surface area contributed by atoms with Crippen LogP contribution in [0.2, 0.25) is 0 Å². The number of aliphatic carboxylic acids is 1. The lowest BCUT2D eigenvalue weighted by atomic mass is 9.80. The fraction of sp³-hybridized carbons (Fsp3) is 0.684. The monoisotopic (exact) mass is 807 g/mol. The number of carboxylic acid groups (broad SMARTS) is 1. The molecule has 0 aromatic heterocycles. The highest BCUT2D eigenvalue weighted by molar-refractivity contribution is 7.99. The van der Waals surface area contributed by atoms with Crippen LogP contribution in [0.3, 0.4) is 0 Å². The number of amides is 5. The summed E-state index contributed by atoms with van der Waals surface area (Å²) in [5.41, 5.74) is 10.5. The smallest absolute Gasteiger partial charge is 0.318 e. The van der Waals surface area contributed by atoms with E-state index >= 15 is 0 Å². The Balaban J connectivity index is 2.03. The van der Waals surface area contributed by atoms with Crippen LogP contribution in [0.5, 0.6) is 0 Å². The average Bonchev–Trinajstić information content (AvgIpc) is 3.15. The summed E-state index contributed by atoms with van der Waals surface area (Å²) in [5.74, 6) is -1.78. The number of carbonyl (C=O) groups excluding carboxylic acids is 5. The highest BCUT2D eigenvalue weighted by Crippen LogP contribution is 2.29. The van der Waals surface area contributed by atoms with Gasteiger partial charge in [0.1, 0.15) is 12.1 Å². The van der Waals surface area contributed by atoms with E-state index in [-0.39, 0.29) is 42.9 Å². The first kappa shape index (κ1) is 45.8. The van der Waals surface area contributed by atoms with Crippen molar-refractivity contribution < 1.29 is 38.6 Å². The van der Waals surface area contributed by atoms with E-state index in [1.54, 1.807) is 68.7 Å². The van der Waals surface area contributed by atoms with Gasteiger partial charge in [-0.25, -0.2) is 14.6 Å². The van der Waals surface area contributed by atoms with Gasteiger partial charge in [0.25, 0.3) is 5.91 Å². The highest BCUT2D eigenvalue weighted by Gasteiger charge is 2.43.